The van der Waals surface area contributed by atoms with Gasteiger partial charge in [0, 0.05) is 6.04 Å². The minimum absolute atomic E-state index is 0.0981. The van der Waals surface area contributed by atoms with Crippen LogP contribution in [0.4, 0.5) is 0 Å². The van der Waals surface area contributed by atoms with Gasteiger partial charge in [0.05, 0.1) is 11.8 Å². The van der Waals surface area contributed by atoms with Gasteiger partial charge in [0.1, 0.15) is 6.26 Å². The molecular formula is C10H16N2O2. The van der Waals surface area contributed by atoms with Crippen LogP contribution in [0.15, 0.2) is 23.0 Å². The highest BCUT2D eigenvalue weighted by Gasteiger charge is 2.11. The second-order valence-electron chi connectivity index (χ2n) is 3.17. The van der Waals surface area contributed by atoms with Gasteiger partial charge in [0.2, 0.25) is 0 Å². The molecule has 1 amide bonds. The highest BCUT2D eigenvalue weighted by atomic mass is 16.3. The molecule has 0 bridgehead atoms. The molecule has 1 aromatic heterocycles. The van der Waals surface area contributed by atoms with Gasteiger partial charge in [-0.2, -0.15) is 0 Å². The van der Waals surface area contributed by atoms with E-state index in [1.807, 2.05) is 6.92 Å². The van der Waals surface area contributed by atoms with E-state index in [9.17, 15) is 4.79 Å². The third-order valence-corrected chi connectivity index (χ3v) is 2.13. The van der Waals surface area contributed by atoms with Crippen molar-refractivity contribution in [2.75, 3.05) is 6.54 Å². The predicted molar refractivity (Wildman–Crippen MR) is 53.9 cm³/mol. The summed E-state index contributed by atoms with van der Waals surface area (Å²) in [5, 5.41) is 2.89. The molecule has 1 atom stereocenters. The van der Waals surface area contributed by atoms with Gasteiger partial charge >= 0.3 is 0 Å². The van der Waals surface area contributed by atoms with Gasteiger partial charge in [-0.1, -0.05) is 6.92 Å². The average Bonchev–Trinajstić information content (AvgIpc) is 2.69. The van der Waals surface area contributed by atoms with E-state index in [0.29, 0.717) is 12.1 Å². The van der Waals surface area contributed by atoms with Crippen LogP contribution in [0.5, 0.6) is 0 Å². The summed E-state index contributed by atoms with van der Waals surface area (Å²) < 4.78 is 4.83. The van der Waals surface area contributed by atoms with Crippen molar-refractivity contribution >= 4 is 5.91 Å². The maximum absolute atomic E-state index is 11.5. The standard InChI is InChI=1S/C10H16N2O2/c1-2-9(3-5-11)12-10(13)8-4-6-14-7-8/h4,6-7,9H,2-3,5,11H2,1H3,(H,12,13). The summed E-state index contributed by atoms with van der Waals surface area (Å²) >= 11 is 0. The summed E-state index contributed by atoms with van der Waals surface area (Å²) in [6, 6.07) is 1.80. The number of furan rings is 1. The first-order valence-corrected chi connectivity index (χ1v) is 4.81. The van der Waals surface area contributed by atoms with Crippen molar-refractivity contribution in [3.05, 3.63) is 24.2 Å². The zero-order valence-electron chi connectivity index (χ0n) is 8.32. The molecule has 1 aromatic rings. The number of amides is 1. The molecule has 0 fully saturated rings. The van der Waals surface area contributed by atoms with E-state index in [1.165, 1.54) is 12.5 Å². The second kappa shape index (κ2) is 5.44. The van der Waals surface area contributed by atoms with E-state index in [0.717, 1.165) is 12.8 Å². The molecule has 0 saturated carbocycles. The minimum Gasteiger partial charge on any atom is -0.472 e. The summed E-state index contributed by atoms with van der Waals surface area (Å²) in [6.07, 6.45) is 4.62. The molecule has 0 aliphatic heterocycles. The predicted octanol–water partition coefficient (Wildman–Crippen LogP) is 1.14. The van der Waals surface area contributed by atoms with E-state index < -0.39 is 0 Å². The van der Waals surface area contributed by atoms with Crippen LogP contribution >= 0.6 is 0 Å². The van der Waals surface area contributed by atoms with Crippen LogP contribution in [-0.4, -0.2) is 18.5 Å². The Bertz CT molecular complexity index is 270. The Morgan fingerprint density at radius 1 is 1.71 bits per heavy atom. The molecule has 0 aromatic carbocycles. The Hall–Kier alpha value is -1.29. The third kappa shape index (κ3) is 2.88. The smallest absolute Gasteiger partial charge is 0.254 e. The van der Waals surface area contributed by atoms with Crippen LogP contribution in [0.1, 0.15) is 30.1 Å². The maximum Gasteiger partial charge on any atom is 0.254 e. The number of nitrogens with one attached hydrogen (secondary N) is 1. The van der Waals surface area contributed by atoms with E-state index in [1.54, 1.807) is 6.07 Å². The Morgan fingerprint density at radius 2 is 2.50 bits per heavy atom. The van der Waals surface area contributed by atoms with Crippen molar-refractivity contribution in [1.29, 1.82) is 0 Å². The molecule has 1 heterocycles. The number of nitrogens with two attached hydrogens (primary N) is 1. The van der Waals surface area contributed by atoms with Crippen LogP contribution in [0.25, 0.3) is 0 Å². The first-order valence-electron chi connectivity index (χ1n) is 4.81. The van der Waals surface area contributed by atoms with Crippen molar-refractivity contribution in [2.45, 2.75) is 25.8 Å². The van der Waals surface area contributed by atoms with Crippen LogP contribution in [0.3, 0.4) is 0 Å². The highest BCUT2D eigenvalue weighted by Crippen LogP contribution is 2.02. The van der Waals surface area contributed by atoms with Gasteiger partial charge in [-0.25, -0.2) is 0 Å². The molecule has 1 unspecified atom stereocenters. The molecule has 14 heavy (non-hydrogen) atoms. The fraction of sp³-hybridized carbons (Fsp3) is 0.500. The molecule has 3 N–H and O–H groups in total. The van der Waals surface area contributed by atoms with Crippen molar-refractivity contribution in [3.63, 3.8) is 0 Å². The van der Waals surface area contributed by atoms with Crippen molar-refractivity contribution < 1.29 is 9.21 Å². The van der Waals surface area contributed by atoms with Gasteiger partial charge < -0.3 is 15.5 Å². The fourth-order valence-corrected chi connectivity index (χ4v) is 1.24. The Morgan fingerprint density at radius 3 is 3.00 bits per heavy atom. The van der Waals surface area contributed by atoms with Crippen LogP contribution in [0, 0.1) is 0 Å². The maximum atomic E-state index is 11.5. The lowest BCUT2D eigenvalue weighted by atomic mass is 10.1. The molecular weight excluding hydrogens is 180 g/mol. The SMILES string of the molecule is CCC(CCN)NC(=O)c1ccoc1. The van der Waals surface area contributed by atoms with Crippen LogP contribution < -0.4 is 11.1 Å². The van der Waals surface area contributed by atoms with Crippen LogP contribution in [-0.2, 0) is 0 Å². The molecule has 4 heteroatoms. The van der Waals surface area contributed by atoms with E-state index in [4.69, 9.17) is 10.2 Å². The zero-order chi connectivity index (χ0) is 10.4. The lowest BCUT2D eigenvalue weighted by Gasteiger charge is -2.14. The topological polar surface area (TPSA) is 68.3 Å². The quantitative estimate of drug-likeness (QED) is 0.742. The van der Waals surface area contributed by atoms with E-state index >= 15 is 0 Å². The van der Waals surface area contributed by atoms with Gasteiger partial charge in [-0.05, 0) is 25.5 Å². The van der Waals surface area contributed by atoms with Gasteiger partial charge in [0.15, 0.2) is 0 Å². The van der Waals surface area contributed by atoms with Crippen molar-refractivity contribution in [3.8, 4) is 0 Å². The van der Waals surface area contributed by atoms with Gasteiger partial charge in [0.25, 0.3) is 5.91 Å². The lowest BCUT2D eigenvalue weighted by molar-refractivity contribution is 0.0934. The largest absolute Gasteiger partial charge is 0.472 e. The van der Waals surface area contributed by atoms with E-state index in [2.05, 4.69) is 5.32 Å². The second-order valence-corrected chi connectivity index (χ2v) is 3.17. The Balaban J connectivity index is 2.47. The Kier molecular flexibility index (Phi) is 4.19. The summed E-state index contributed by atoms with van der Waals surface area (Å²) in [7, 11) is 0. The summed E-state index contributed by atoms with van der Waals surface area (Å²) in [5.74, 6) is -0.0981. The monoisotopic (exact) mass is 196 g/mol. The molecule has 0 radical (unpaired) electrons. The highest BCUT2D eigenvalue weighted by molar-refractivity contribution is 5.93. The first kappa shape index (κ1) is 10.8. The average molecular weight is 196 g/mol. The molecule has 0 saturated heterocycles. The van der Waals surface area contributed by atoms with Gasteiger partial charge in [-0.3, -0.25) is 4.79 Å². The molecule has 0 spiro atoms. The molecule has 0 aliphatic carbocycles. The fourth-order valence-electron chi connectivity index (χ4n) is 1.24. The summed E-state index contributed by atoms with van der Waals surface area (Å²) in [4.78, 5) is 11.5. The van der Waals surface area contributed by atoms with E-state index in [-0.39, 0.29) is 11.9 Å². The molecule has 1 rings (SSSR count). The number of hydrogen-bond donors (Lipinski definition) is 2. The lowest BCUT2D eigenvalue weighted by Crippen LogP contribution is -2.35. The Labute approximate surface area is 83.5 Å². The first-order chi connectivity index (χ1) is 6.77. The number of rotatable bonds is 5. The third-order valence-electron chi connectivity index (χ3n) is 2.13. The summed E-state index contributed by atoms with van der Waals surface area (Å²) in [5.41, 5.74) is 5.99. The van der Waals surface area contributed by atoms with Crippen molar-refractivity contribution in [1.82, 2.24) is 5.32 Å². The van der Waals surface area contributed by atoms with Crippen LogP contribution in [0.2, 0.25) is 0 Å². The zero-order valence-corrected chi connectivity index (χ0v) is 8.32. The number of carbonyl (C=O) groups excluding carboxylic acids is 1. The molecule has 0 aliphatic rings. The summed E-state index contributed by atoms with van der Waals surface area (Å²) in [6.45, 7) is 2.61. The van der Waals surface area contributed by atoms with Gasteiger partial charge in [-0.15, -0.1) is 0 Å². The number of hydrogen-bond acceptors (Lipinski definition) is 3. The normalized spacial score (nSPS) is 12.4. The number of carbonyl (C=O) groups is 1. The molecule has 78 valence electrons. The van der Waals surface area contributed by atoms with Crippen molar-refractivity contribution in [2.24, 2.45) is 5.73 Å². The minimum atomic E-state index is -0.0981. The molecule has 4 nitrogen and oxygen atoms in total.